The molecule has 0 radical (unpaired) electrons. The molecule has 0 unspecified atom stereocenters. The predicted molar refractivity (Wildman–Crippen MR) is 83.8 cm³/mol. The lowest BCUT2D eigenvalue weighted by Gasteiger charge is -2.12. The number of aliphatic imine (C=N–C) groups is 1. The Morgan fingerprint density at radius 1 is 0.905 bits per heavy atom. The Balaban J connectivity index is 2.20. The summed E-state index contributed by atoms with van der Waals surface area (Å²) >= 11 is 0. The second-order valence-electron chi connectivity index (χ2n) is 4.41. The second kappa shape index (κ2) is 7.33. The van der Waals surface area contributed by atoms with E-state index in [0.717, 1.165) is 5.56 Å². The third kappa shape index (κ3) is 3.75. The maximum absolute atomic E-state index is 5.32. The molecule has 21 heavy (non-hydrogen) atoms. The zero-order chi connectivity index (χ0) is 15.1. The van der Waals surface area contributed by atoms with Crippen LogP contribution < -0.4 is 14.2 Å². The highest BCUT2D eigenvalue weighted by Gasteiger charge is 2.12. The van der Waals surface area contributed by atoms with Gasteiger partial charge in [0.05, 0.1) is 27.9 Å². The topological polar surface area (TPSA) is 40.0 Å². The summed E-state index contributed by atoms with van der Waals surface area (Å²) in [6, 6.07) is 13.8. The van der Waals surface area contributed by atoms with Crippen LogP contribution in [-0.4, -0.2) is 27.5 Å². The molecule has 0 fully saturated rings. The summed E-state index contributed by atoms with van der Waals surface area (Å²) in [6.07, 6.45) is 1.80. The van der Waals surface area contributed by atoms with Gasteiger partial charge in [0, 0.05) is 6.21 Å². The molecule has 4 nitrogen and oxygen atoms in total. The quantitative estimate of drug-likeness (QED) is 0.764. The second-order valence-corrected chi connectivity index (χ2v) is 4.41. The Morgan fingerprint density at radius 3 is 2.05 bits per heavy atom. The van der Waals surface area contributed by atoms with E-state index in [1.54, 1.807) is 27.5 Å². The molecule has 2 rings (SSSR count). The number of rotatable bonds is 6. The molecular formula is C17H19NO3. The smallest absolute Gasteiger partial charge is 0.203 e. The molecule has 0 aliphatic carbocycles. The first-order chi connectivity index (χ1) is 10.3. The summed E-state index contributed by atoms with van der Waals surface area (Å²) in [7, 11) is 4.79. The Morgan fingerprint density at radius 2 is 1.52 bits per heavy atom. The average Bonchev–Trinajstić information content (AvgIpc) is 2.54. The van der Waals surface area contributed by atoms with Crippen LogP contribution in [0.3, 0.4) is 0 Å². The van der Waals surface area contributed by atoms with Crippen LogP contribution in [0.5, 0.6) is 17.2 Å². The Bertz CT molecular complexity index is 584. The van der Waals surface area contributed by atoms with Gasteiger partial charge in [0.2, 0.25) is 5.75 Å². The first-order valence-corrected chi connectivity index (χ1v) is 6.62. The Hall–Kier alpha value is -2.49. The van der Waals surface area contributed by atoms with Gasteiger partial charge in [-0.15, -0.1) is 0 Å². The fraction of sp³-hybridized carbons (Fsp3) is 0.235. The highest BCUT2D eigenvalue weighted by atomic mass is 16.5. The van der Waals surface area contributed by atoms with Crippen molar-refractivity contribution >= 4 is 6.21 Å². The van der Waals surface area contributed by atoms with E-state index in [9.17, 15) is 0 Å². The maximum atomic E-state index is 5.32. The molecule has 0 saturated heterocycles. The van der Waals surface area contributed by atoms with E-state index in [0.29, 0.717) is 23.8 Å². The lowest BCUT2D eigenvalue weighted by molar-refractivity contribution is 0.324. The number of ether oxygens (including phenoxy) is 3. The van der Waals surface area contributed by atoms with Crippen LogP contribution in [0.4, 0.5) is 0 Å². The largest absolute Gasteiger partial charge is 0.493 e. The molecule has 0 amide bonds. The third-order valence-corrected chi connectivity index (χ3v) is 3.04. The van der Waals surface area contributed by atoms with Crippen molar-refractivity contribution < 1.29 is 14.2 Å². The van der Waals surface area contributed by atoms with Gasteiger partial charge in [-0.3, -0.25) is 4.99 Å². The molecule has 0 bridgehead atoms. The number of hydrogen-bond acceptors (Lipinski definition) is 4. The molecular weight excluding hydrogens is 266 g/mol. The van der Waals surface area contributed by atoms with Gasteiger partial charge in [0.25, 0.3) is 0 Å². The van der Waals surface area contributed by atoms with Crippen LogP contribution in [0.25, 0.3) is 0 Å². The summed E-state index contributed by atoms with van der Waals surface area (Å²) in [6.45, 7) is 0.636. The van der Waals surface area contributed by atoms with E-state index in [1.807, 2.05) is 42.5 Å². The maximum Gasteiger partial charge on any atom is 0.203 e. The molecule has 0 spiro atoms. The predicted octanol–water partition coefficient (Wildman–Crippen LogP) is 3.33. The van der Waals surface area contributed by atoms with Crippen molar-refractivity contribution in [3.63, 3.8) is 0 Å². The van der Waals surface area contributed by atoms with Gasteiger partial charge in [0.15, 0.2) is 11.5 Å². The number of nitrogens with zero attached hydrogens (tertiary/aromatic N) is 1. The van der Waals surface area contributed by atoms with Crippen LogP contribution >= 0.6 is 0 Å². The van der Waals surface area contributed by atoms with Crippen LogP contribution in [-0.2, 0) is 6.54 Å². The number of hydrogen-bond donors (Lipinski definition) is 0. The van der Waals surface area contributed by atoms with Crippen LogP contribution in [0.2, 0.25) is 0 Å². The van der Waals surface area contributed by atoms with Gasteiger partial charge < -0.3 is 14.2 Å². The minimum atomic E-state index is 0.584. The van der Waals surface area contributed by atoms with E-state index >= 15 is 0 Å². The Kier molecular flexibility index (Phi) is 5.21. The van der Waals surface area contributed by atoms with Crippen molar-refractivity contribution in [1.29, 1.82) is 0 Å². The molecule has 0 heterocycles. The minimum absolute atomic E-state index is 0.584. The average molecular weight is 285 g/mol. The fourth-order valence-electron chi connectivity index (χ4n) is 2.02. The van der Waals surface area contributed by atoms with E-state index in [2.05, 4.69) is 4.99 Å². The van der Waals surface area contributed by atoms with Crippen molar-refractivity contribution in [2.24, 2.45) is 4.99 Å². The van der Waals surface area contributed by atoms with Crippen molar-refractivity contribution in [2.45, 2.75) is 6.54 Å². The number of methoxy groups -OCH3 is 3. The van der Waals surface area contributed by atoms with E-state index in [4.69, 9.17) is 14.2 Å². The highest BCUT2D eigenvalue weighted by molar-refractivity contribution is 5.82. The summed E-state index contributed by atoms with van der Waals surface area (Å²) in [5.74, 6) is 1.83. The fourth-order valence-corrected chi connectivity index (χ4v) is 2.02. The number of benzene rings is 2. The van der Waals surface area contributed by atoms with E-state index < -0.39 is 0 Å². The molecule has 0 aromatic heterocycles. The van der Waals surface area contributed by atoms with Gasteiger partial charge in [-0.2, -0.15) is 0 Å². The molecule has 110 valence electrons. The summed E-state index contributed by atoms with van der Waals surface area (Å²) < 4.78 is 15.9. The molecule has 0 aliphatic heterocycles. The molecule has 4 heteroatoms. The third-order valence-electron chi connectivity index (χ3n) is 3.04. The highest BCUT2D eigenvalue weighted by Crippen LogP contribution is 2.37. The van der Waals surface area contributed by atoms with Gasteiger partial charge in [-0.05, 0) is 23.3 Å². The van der Waals surface area contributed by atoms with Gasteiger partial charge in [-0.25, -0.2) is 0 Å². The van der Waals surface area contributed by atoms with E-state index in [-0.39, 0.29) is 0 Å². The molecule has 2 aromatic carbocycles. The lowest BCUT2D eigenvalue weighted by Crippen LogP contribution is -1.97. The molecule has 0 atom stereocenters. The van der Waals surface area contributed by atoms with Crippen molar-refractivity contribution in [2.75, 3.05) is 21.3 Å². The van der Waals surface area contributed by atoms with Gasteiger partial charge in [0.1, 0.15) is 0 Å². The van der Waals surface area contributed by atoms with Crippen LogP contribution in [0.15, 0.2) is 47.5 Å². The van der Waals surface area contributed by atoms with Gasteiger partial charge in [-0.1, -0.05) is 30.3 Å². The zero-order valence-corrected chi connectivity index (χ0v) is 12.5. The summed E-state index contributed by atoms with van der Waals surface area (Å²) in [5.41, 5.74) is 2.07. The monoisotopic (exact) mass is 285 g/mol. The molecule has 0 saturated carbocycles. The van der Waals surface area contributed by atoms with Gasteiger partial charge >= 0.3 is 0 Å². The summed E-state index contributed by atoms with van der Waals surface area (Å²) in [4.78, 5) is 4.44. The van der Waals surface area contributed by atoms with Crippen LogP contribution in [0, 0.1) is 0 Å². The van der Waals surface area contributed by atoms with E-state index in [1.165, 1.54) is 5.56 Å². The van der Waals surface area contributed by atoms with Crippen molar-refractivity contribution in [3.8, 4) is 17.2 Å². The van der Waals surface area contributed by atoms with Crippen LogP contribution in [0.1, 0.15) is 11.1 Å². The standard InChI is InChI=1S/C17H19NO3/c1-19-15-9-14(10-16(20-2)17(15)21-3)12-18-11-13-7-5-4-6-8-13/h4-10,12H,11H2,1-3H3. The zero-order valence-electron chi connectivity index (χ0n) is 12.5. The SMILES string of the molecule is COc1cc(C=NCc2ccccc2)cc(OC)c1OC. The Labute approximate surface area is 125 Å². The molecule has 0 N–H and O–H groups in total. The van der Waals surface area contributed by atoms with Crippen molar-refractivity contribution in [3.05, 3.63) is 53.6 Å². The van der Waals surface area contributed by atoms with Crippen molar-refractivity contribution in [1.82, 2.24) is 0 Å². The first kappa shape index (κ1) is 14.9. The molecule has 2 aromatic rings. The lowest BCUT2D eigenvalue weighted by atomic mass is 10.2. The normalized spacial score (nSPS) is 10.6. The molecule has 0 aliphatic rings. The first-order valence-electron chi connectivity index (χ1n) is 6.62. The summed E-state index contributed by atoms with van der Waals surface area (Å²) in [5, 5.41) is 0. The minimum Gasteiger partial charge on any atom is -0.493 e.